The third-order valence-electron chi connectivity index (χ3n) is 5.05. The lowest BCUT2D eigenvalue weighted by Crippen LogP contribution is -2.47. The summed E-state index contributed by atoms with van der Waals surface area (Å²) in [6, 6.07) is 13.8. The zero-order valence-corrected chi connectivity index (χ0v) is 18.3. The number of allylic oxidation sites excluding steroid dienone is 1. The first-order valence-electron chi connectivity index (χ1n) is 9.68. The highest BCUT2D eigenvalue weighted by Crippen LogP contribution is 2.28. The van der Waals surface area contributed by atoms with E-state index in [2.05, 4.69) is 11.9 Å². The van der Waals surface area contributed by atoms with Crippen molar-refractivity contribution < 1.29 is 14.3 Å². The van der Waals surface area contributed by atoms with Crippen LogP contribution in [-0.4, -0.2) is 38.7 Å². The topological polar surface area (TPSA) is 50.8 Å². The van der Waals surface area contributed by atoms with Gasteiger partial charge in [0.15, 0.2) is 11.5 Å². The molecule has 0 spiro atoms. The second kappa shape index (κ2) is 9.50. The van der Waals surface area contributed by atoms with Gasteiger partial charge in [0, 0.05) is 13.6 Å². The number of nitrogens with one attached hydrogen (secondary N) is 1. The van der Waals surface area contributed by atoms with Gasteiger partial charge < -0.3 is 19.7 Å². The third kappa shape index (κ3) is 5.76. The van der Waals surface area contributed by atoms with Crippen molar-refractivity contribution in [3.05, 3.63) is 65.7 Å². The molecule has 2 aromatic rings. The summed E-state index contributed by atoms with van der Waals surface area (Å²) in [5.74, 6) is 1.39. The Balaban J connectivity index is 1.98. The number of urea groups is 1. The summed E-state index contributed by atoms with van der Waals surface area (Å²) in [6.45, 7) is 10.5. The summed E-state index contributed by atoms with van der Waals surface area (Å²) < 4.78 is 10.6. The molecule has 5 nitrogen and oxygen atoms in total. The predicted molar refractivity (Wildman–Crippen MR) is 119 cm³/mol. The van der Waals surface area contributed by atoms with Crippen molar-refractivity contribution in [2.45, 2.75) is 32.7 Å². The lowest BCUT2D eigenvalue weighted by Gasteiger charge is -2.30. The SMILES string of the molecule is C=C(C)c1ccc(C(C)(C)NC(=O)N(C)CCc2ccc(OC)c(OC)c2)cc1. The molecule has 2 aromatic carbocycles. The molecular weight excluding hydrogens is 364 g/mol. The Labute approximate surface area is 174 Å². The molecule has 0 aliphatic rings. The monoisotopic (exact) mass is 396 g/mol. The standard InChI is InChI=1S/C24H32N2O3/c1-17(2)19-9-11-20(12-10-19)24(3,4)25-23(27)26(5)15-14-18-8-13-21(28-6)22(16-18)29-7/h8-13,16H,1,14-15H2,2-7H3,(H,25,27). The fourth-order valence-corrected chi connectivity index (χ4v) is 3.04. The molecule has 0 fully saturated rings. The van der Waals surface area contributed by atoms with Crippen LogP contribution in [0.1, 0.15) is 37.5 Å². The smallest absolute Gasteiger partial charge is 0.317 e. The van der Waals surface area contributed by atoms with Gasteiger partial charge >= 0.3 is 6.03 Å². The van der Waals surface area contributed by atoms with E-state index in [9.17, 15) is 4.79 Å². The van der Waals surface area contributed by atoms with E-state index < -0.39 is 5.54 Å². The number of methoxy groups -OCH3 is 2. The van der Waals surface area contributed by atoms with E-state index in [1.54, 1.807) is 26.2 Å². The Morgan fingerprint density at radius 3 is 2.24 bits per heavy atom. The van der Waals surface area contributed by atoms with Gasteiger partial charge in [0.05, 0.1) is 19.8 Å². The van der Waals surface area contributed by atoms with Gasteiger partial charge in [-0.05, 0) is 56.0 Å². The maximum atomic E-state index is 12.7. The Bertz CT molecular complexity index is 857. The molecule has 0 aromatic heterocycles. The first-order valence-corrected chi connectivity index (χ1v) is 9.68. The number of nitrogens with zero attached hydrogens (tertiary/aromatic N) is 1. The number of hydrogen-bond donors (Lipinski definition) is 1. The number of hydrogen-bond acceptors (Lipinski definition) is 3. The maximum Gasteiger partial charge on any atom is 0.317 e. The quantitative estimate of drug-likeness (QED) is 0.693. The van der Waals surface area contributed by atoms with Crippen molar-refractivity contribution in [2.24, 2.45) is 0 Å². The highest BCUT2D eigenvalue weighted by Gasteiger charge is 2.24. The summed E-state index contributed by atoms with van der Waals surface area (Å²) in [5, 5.41) is 3.12. The Morgan fingerprint density at radius 1 is 1.07 bits per heavy atom. The van der Waals surface area contributed by atoms with Crippen LogP contribution in [0.3, 0.4) is 0 Å². The van der Waals surface area contributed by atoms with Crippen LogP contribution >= 0.6 is 0 Å². The highest BCUT2D eigenvalue weighted by atomic mass is 16.5. The summed E-state index contributed by atoms with van der Waals surface area (Å²) in [5.41, 5.74) is 3.76. The Morgan fingerprint density at radius 2 is 1.69 bits per heavy atom. The summed E-state index contributed by atoms with van der Waals surface area (Å²) in [4.78, 5) is 14.4. The van der Waals surface area contributed by atoms with Gasteiger partial charge in [-0.15, -0.1) is 0 Å². The number of benzene rings is 2. The summed E-state index contributed by atoms with van der Waals surface area (Å²) >= 11 is 0. The molecule has 0 bridgehead atoms. The third-order valence-corrected chi connectivity index (χ3v) is 5.05. The molecular formula is C24H32N2O3. The van der Waals surface area contributed by atoms with Crippen molar-refractivity contribution in [3.63, 3.8) is 0 Å². The molecule has 0 aliphatic heterocycles. The first-order chi connectivity index (χ1) is 13.7. The molecule has 1 N–H and O–H groups in total. The Kier molecular flexibility index (Phi) is 7.32. The number of likely N-dealkylation sites (N-methyl/N-ethyl adjacent to an activating group) is 1. The van der Waals surface area contributed by atoms with Crippen molar-refractivity contribution in [3.8, 4) is 11.5 Å². The van der Waals surface area contributed by atoms with Gasteiger partial charge in [0.1, 0.15) is 0 Å². The van der Waals surface area contributed by atoms with Crippen LogP contribution in [0.2, 0.25) is 0 Å². The number of carbonyl (C=O) groups excluding carboxylic acids is 1. The van der Waals surface area contributed by atoms with E-state index in [0.29, 0.717) is 18.0 Å². The molecule has 2 amide bonds. The molecule has 0 atom stereocenters. The predicted octanol–water partition coefficient (Wildman–Crippen LogP) is 4.86. The first kappa shape index (κ1) is 22.3. The molecule has 5 heteroatoms. The average Bonchev–Trinajstić information content (AvgIpc) is 2.71. The lowest BCUT2D eigenvalue weighted by molar-refractivity contribution is 0.198. The van der Waals surface area contributed by atoms with Crippen molar-refractivity contribution in [2.75, 3.05) is 27.8 Å². The number of amides is 2. The van der Waals surface area contributed by atoms with Gasteiger partial charge in [-0.1, -0.05) is 42.5 Å². The van der Waals surface area contributed by atoms with E-state index in [1.807, 2.05) is 63.2 Å². The van der Waals surface area contributed by atoms with Crippen molar-refractivity contribution in [1.29, 1.82) is 0 Å². The highest BCUT2D eigenvalue weighted by molar-refractivity contribution is 5.75. The van der Waals surface area contributed by atoms with Crippen LogP contribution in [0, 0.1) is 0 Å². The van der Waals surface area contributed by atoms with Crippen LogP contribution < -0.4 is 14.8 Å². The van der Waals surface area contributed by atoms with E-state index in [-0.39, 0.29) is 6.03 Å². The van der Waals surface area contributed by atoms with E-state index in [4.69, 9.17) is 9.47 Å². The normalized spacial score (nSPS) is 11.0. The number of ether oxygens (including phenoxy) is 2. The minimum Gasteiger partial charge on any atom is -0.493 e. The molecule has 0 heterocycles. The maximum absolute atomic E-state index is 12.7. The Hall–Kier alpha value is -2.95. The van der Waals surface area contributed by atoms with Gasteiger partial charge in [-0.2, -0.15) is 0 Å². The minimum absolute atomic E-state index is 0.112. The summed E-state index contributed by atoms with van der Waals surface area (Å²) in [6.07, 6.45) is 0.720. The molecule has 0 unspecified atom stereocenters. The van der Waals surface area contributed by atoms with Crippen LogP contribution in [-0.2, 0) is 12.0 Å². The van der Waals surface area contributed by atoms with Gasteiger partial charge in [0.25, 0.3) is 0 Å². The fourth-order valence-electron chi connectivity index (χ4n) is 3.04. The average molecular weight is 397 g/mol. The van der Waals surface area contributed by atoms with Crippen LogP contribution in [0.5, 0.6) is 11.5 Å². The van der Waals surface area contributed by atoms with Crippen LogP contribution in [0.15, 0.2) is 49.0 Å². The molecule has 2 rings (SSSR count). The molecule has 0 radical (unpaired) electrons. The molecule has 0 aliphatic carbocycles. The molecule has 0 saturated heterocycles. The molecule has 156 valence electrons. The van der Waals surface area contributed by atoms with E-state index in [0.717, 1.165) is 28.7 Å². The van der Waals surface area contributed by atoms with Crippen LogP contribution in [0.25, 0.3) is 5.57 Å². The van der Waals surface area contributed by atoms with Gasteiger partial charge in [0.2, 0.25) is 0 Å². The summed E-state index contributed by atoms with van der Waals surface area (Å²) in [7, 11) is 5.03. The van der Waals surface area contributed by atoms with E-state index in [1.165, 1.54) is 0 Å². The van der Waals surface area contributed by atoms with E-state index >= 15 is 0 Å². The molecule has 0 saturated carbocycles. The second-order valence-electron chi connectivity index (χ2n) is 7.77. The van der Waals surface area contributed by atoms with Crippen molar-refractivity contribution >= 4 is 11.6 Å². The number of carbonyl (C=O) groups is 1. The van der Waals surface area contributed by atoms with Gasteiger partial charge in [-0.25, -0.2) is 4.79 Å². The van der Waals surface area contributed by atoms with Crippen molar-refractivity contribution in [1.82, 2.24) is 10.2 Å². The lowest BCUT2D eigenvalue weighted by atomic mass is 9.93. The molecule has 29 heavy (non-hydrogen) atoms. The zero-order chi connectivity index (χ0) is 21.6. The van der Waals surface area contributed by atoms with Gasteiger partial charge in [-0.3, -0.25) is 0 Å². The minimum atomic E-state index is -0.484. The largest absolute Gasteiger partial charge is 0.493 e. The number of rotatable bonds is 8. The zero-order valence-electron chi connectivity index (χ0n) is 18.3. The fraction of sp³-hybridized carbons (Fsp3) is 0.375. The second-order valence-corrected chi connectivity index (χ2v) is 7.77. The van der Waals surface area contributed by atoms with Crippen LogP contribution in [0.4, 0.5) is 4.79 Å².